The lowest BCUT2D eigenvalue weighted by Crippen LogP contribution is -2.48. The van der Waals surface area contributed by atoms with E-state index in [1.807, 2.05) is 18.0 Å². The fourth-order valence-corrected chi connectivity index (χ4v) is 5.20. The van der Waals surface area contributed by atoms with Crippen molar-refractivity contribution >= 4 is 29.9 Å². The molecule has 1 saturated heterocycles. The van der Waals surface area contributed by atoms with Crippen LogP contribution in [0.4, 0.5) is 16.4 Å². The zero-order chi connectivity index (χ0) is 26.8. The van der Waals surface area contributed by atoms with Crippen LogP contribution in [0.3, 0.4) is 0 Å². The minimum atomic E-state index is -0.401. The number of pyridine rings is 2. The van der Waals surface area contributed by atoms with E-state index in [0.717, 1.165) is 36.9 Å². The van der Waals surface area contributed by atoms with Gasteiger partial charge >= 0.3 is 6.03 Å². The molecular weight excluding hydrogens is 486 g/mol. The Bertz CT molecular complexity index is 1310. The lowest BCUT2D eigenvalue weighted by molar-refractivity contribution is -0.136. The molecule has 2 aromatic rings. The molecule has 1 saturated carbocycles. The zero-order valence-electron chi connectivity index (χ0n) is 21.6. The quantitative estimate of drug-likeness (QED) is 0.552. The summed E-state index contributed by atoms with van der Waals surface area (Å²) >= 11 is 0. The van der Waals surface area contributed by atoms with E-state index in [4.69, 9.17) is 4.74 Å². The smallest absolute Gasteiger partial charge is 0.328 e. The number of methoxy groups -OCH3 is 1. The summed E-state index contributed by atoms with van der Waals surface area (Å²) in [6.45, 7) is 2.47. The number of carbonyl (C=O) groups excluding carboxylic acids is 3. The Balaban J connectivity index is 1.34. The second-order valence-electron chi connectivity index (χ2n) is 10.2. The molecule has 2 unspecified atom stereocenters. The lowest BCUT2D eigenvalue weighted by Gasteiger charge is -2.33. The molecule has 2 aliphatic heterocycles. The van der Waals surface area contributed by atoms with Crippen molar-refractivity contribution in [1.29, 1.82) is 5.26 Å². The van der Waals surface area contributed by atoms with Crippen LogP contribution in [0.5, 0.6) is 0 Å². The van der Waals surface area contributed by atoms with Crippen LogP contribution in [0.25, 0.3) is 0 Å². The maximum absolute atomic E-state index is 13.3. The molecule has 5 rings (SSSR count). The third-order valence-electron chi connectivity index (χ3n) is 7.49. The number of ether oxygens (including phenoxy) is 1. The van der Waals surface area contributed by atoms with Crippen LogP contribution < -0.4 is 10.2 Å². The molecule has 0 radical (unpaired) electrons. The van der Waals surface area contributed by atoms with Gasteiger partial charge in [0, 0.05) is 45.0 Å². The molecule has 198 valence electrons. The average Bonchev–Trinajstić information content (AvgIpc) is 3.67. The number of aromatic nitrogens is 2. The molecule has 0 spiro atoms. The highest BCUT2D eigenvalue weighted by molar-refractivity contribution is 6.01. The maximum atomic E-state index is 13.3. The number of carbonyl (C=O) groups is 3. The van der Waals surface area contributed by atoms with E-state index in [1.165, 1.54) is 11.1 Å². The second-order valence-corrected chi connectivity index (χ2v) is 10.2. The highest BCUT2D eigenvalue weighted by Gasteiger charge is 2.37. The number of fused-ring (bicyclic) bond motifs is 1. The van der Waals surface area contributed by atoms with Gasteiger partial charge in [0.15, 0.2) is 6.29 Å². The van der Waals surface area contributed by atoms with E-state index in [9.17, 15) is 19.6 Å². The molecule has 0 bridgehead atoms. The number of aryl methyl sites for hydroxylation is 1. The Kier molecular flexibility index (Phi) is 7.35. The van der Waals surface area contributed by atoms with E-state index >= 15 is 0 Å². The standard InChI is InChI=1S/C27H31N7O4/c1-32-6-7-33(25(36)15-32)14-20-8-17-4-3-5-34(26(17)30-22(20)16-35)27(37)31-24-11-18(21(12-28)13-29-24)9-19-10-23(19)38-2/h8,11,13,16,19,23H,3-7,9-10,14-15H2,1-2H3,(H,29,31,37). The Morgan fingerprint density at radius 3 is 2.84 bits per heavy atom. The van der Waals surface area contributed by atoms with Gasteiger partial charge in [0.25, 0.3) is 0 Å². The fourth-order valence-electron chi connectivity index (χ4n) is 5.20. The number of piperazine rings is 1. The first-order valence-electron chi connectivity index (χ1n) is 12.8. The Labute approximate surface area is 221 Å². The number of hydrogen-bond acceptors (Lipinski definition) is 8. The van der Waals surface area contributed by atoms with Gasteiger partial charge in [-0.3, -0.25) is 24.7 Å². The van der Waals surface area contributed by atoms with E-state index < -0.39 is 6.03 Å². The number of aldehydes is 1. The number of anilines is 2. The Hall–Kier alpha value is -3.88. The van der Waals surface area contributed by atoms with Crippen LogP contribution in [0, 0.1) is 17.2 Å². The van der Waals surface area contributed by atoms with Gasteiger partial charge in [-0.1, -0.05) is 0 Å². The first-order valence-corrected chi connectivity index (χ1v) is 12.8. The van der Waals surface area contributed by atoms with Gasteiger partial charge in [-0.15, -0.1) is 0 Å². The maximum Gasteiger partial charge on any atom is 0.328 e. The van der Waals surface area contributed by atoms with Gasteiger partial charge in [-0.25, -0.2) is 14.8 Å². The normalized spacial score (nSPS) is 21.0. The van der Waals surface area contributed by atoms with Crippen LogP contribution in [0.15, 0.2) is 18.3 Å². The first-order chi connectivity index (χ1) is 18.4. The highest BCUT2D eigenvalue weighted by Crippen LogP contribution is 2.37. The predicted molar refractivity (Wildman–Crippen MR) is 139 cm³/mol. The molecule has 2 aromatic heterocycles. The third kappa shape index (κ3) is 5.37. The minimum Gasteiger partial charge on any atom is -0.381 e. The summed E-state index contributed by atoms with van der Waals surface area (Å²) in [5.41, 5.74) is 3.09. The van der Waals surface area contributed by atoms with Crippen LogP contribution in [-0.4, -0.2) is 84.4 Å². The van der Waals surface area contributed by atoms with E-state index in [2.05, 4.69) is 21.4 Å². The van der Waals surface area contributed by atoms with Crippen molar-refractivity contribution in [2.24, 2.45) is 5.92 Å². The summed E-state index contributed by atoms with van der Waals surface area (Å²) in [5.74, 6) is 1.17. The minimum absolute atomic E-state index is 0.0167. The number of rotatable bonds is 7. The molecule has 3 amide bonds. The van der Waals surface area contributed by atoms with Gasteiger partial charge < -0.3 is 9.64 Å². The summed E-state index contributed by atoms with van der Waals surface area (Å²) in [6.07, 6.45) is 5.45. The van der Waals surface area contributed by atoms with Crippen LogP contribution >= 0.6 is 0 Å². The number of hydrogen-bond donors (Lipinski definition) is 1. The van der Waals surface area contributed by atoms with Crippen LogP contribution in [0.1, 0.15) is 45.6 Å². The molecule has 38 heavy (non-hydrogen) atoms. The second kappa shape index (κ2) is 10.8. The summed E-state index contributed by atoms with van der Waals surface area (Å²) in [5, 5.41) is 12.3. The van der Waals surface area contributed by atoms with Crippen molar-refractivity contribution in [2.45, 2.75) is 38.3 Å². The van der Waals surface area contributed by atoms with Crippen molar-refractivity contribution in [3.63, 3.8) is 0 Å². The average molecular weight is 518 g/mol. The molecule has 11 nitrogen and oxygen atoms in total. The molecule has 4 heterocycles. The van der Waals surface area contributed by atoms with E-state index in [1.54, 1.807) is 18.1 Å². The van der Waals surface area contributed by atoms with Gasteiger partial charge in [0.1, 0.15) is 23.4 Å². The van der Waals surface area contributed by atoms with Crippen molar-refractivity contribution in [1.82, 2.24) is 19.8 Å². The number of nitrogens with zero attached hydrogens (tertiary/aromatic N) is 6. The molecular formula is C27H31N7O4. The fraction of sp³-hybridized carbons (Fsp3) is 0.481. The number of amides is 3. The van der Waals surface area contributed by atoms with Crippen molar-refractivity contribution in [3.8, 4) is 6.07 Å². The number of urea groups is 1. The third-order valence-corrected chi connectivity index (χ3v) is 7.49. The number of nitrogens with one attached hydrogen (secondary N) is 1. The monoisotopic (exact) mass is 517 g/mol. The Morgan fingerprint density at radius 1 is 1.29 bits per heavy atom. The summed E-state index contributed by atoms with van der Waals surface area (Å²) < 4.78 is 5.38. The zero-order valence-corrected chi connectivity index (χ0v) is 21.6. The van der Waals surface area contributed by atoms with Gasteiger partial charge in [0.05, 0.1) is 18.2 Å². The van der Waals surface area contributed by atoms with Gasteiger partial charge in [-0.05, 0) is 61.9 Å². The number of nitriles is 1. The predicted octanol–water partition coefficient (Wildman–Crippen LogP) is 2.00. The highest BCUT2D eigenvalue weighted by atomic mass is 16.5. The van der Waals surface area contributed by atoms with Crippen molar-refractivity contribution < 1.29 is 19.1 Å². The molecule has 1 aliphatic carbocycles. The summed E-state index contributed by atoms with van der Waals surface area (Å²) in [7, 11) is 3.59. The van der Waals surface area contributed by atoms with Crippen molar-refractivity contribution in [3.05, 3.63) is 46.3 Å². The molecule has 0 aromatic carbocycles. The van der Waals surface area contributed by atoms with Crippen LogP contribution in [0.2, 0.25) is 0 Å². The topological polar surface area (TPSA) is 132 Å². The molecule has 1 N–H and O–H groups in total. The van der Waals surface area contributed by atoms with E-state index in [-0.39, 0.29) is 17.7 Å². The molecule has 2 fully saturated rings. The van der Waals surface area contributed by atoms with Crippen molar-refractivity contribution in [2.75, 3.05) is 50.6 Å². The summed E-state index contributed by atoms with van der Waals surface area (Å²) in [6, 6.07) is 5.42. The molecule has 11 heteroatoms. The van der Waals surface area contributed by atoms with Gasteiger partial charge in [0.2, 0.25) is 5.91 Å². The largest absolute Gasteiger partial charge is 0.381 e. The van der Waals surface area contributed by atoms with Crippen LogP contribution in [-0.2, 0) is 28.9 Å². The van der Waals surface area contributed by atoms with E-state index in [0.29, 0.717) is 67.6 Å². The SMILES string of the molecule is COC1CC1Cc1cc(NC(=O)N2CCCc3cc(CN4CCN(C)CC4=O)c(C=O)nc32)ncc1C#N. The molecule has 2 atom stereocenters. The molecule has 3 aliphatic rings. The lowest BCUT2D eigenvalue weighted by atomic mass is 10.0. The summed E-state index contributed by atoms with van der Waals surface area (Å²) in [4.78, 5) is 51.8. The van der Waals surface area contributed by atoms with Gasteiger partial charge in [-0.2, -0.15) is 5.26 Å². The number of likely N-dealkylation sites (N-methyl/N-ethyl adjacent to an activating group) is 1. The first kappa shape index (κ1) is 25.8. The Morgan fingerprint density at radius 2 is 2.13 bits per heavy atom.